The molecule has 43 heavy (non-hydrogen) atoms. The Morgan fingerprint density at radius 1 is 0.953 bits per heavy atom. The normalized spacial score (nSPS) is 18.6. The minimum absolute atomic E-state index is 0.0618. The van der Waals surface area contributed by atoms with Crippen molar-refractivity contribution in [2.75, 3.05) is 53.6 Å². The van der Waals surface area contributed by atoms with Crippen LogP contribution in [0.4, 0.5) is 0 Å². The summed E-state index contributed by atoms with van der Waals surface area (Å²) in [6.45, 7) is 6.68. The van der Waals surface area contributed by atoms with Gasteiger partial charge in [0, 0.05) is 18.5 Å². The fourth-order valence-corrected chi connectivity index (χ4v) is 5.72. The minimum Gasteiger partial charge on any atom is -0.872 e. The molecule has 0 saturated carbocycles. The van der Waals surface area contributed by atoms with Crippen LogP contribution in [0.1, 0.15) is 34.7 Å². The summed E-state index contributed by atoms with van der Waals surface area (Å²) in [6.07, 6.45) is 0.687. The summed E-state index contributed by atoms with van der Waals surface area (Å²) < 4.78 is 22.4. The van der Waals surface area contributed by atoms with E-state index in [4.69, 9.17) is 18.9 Å². The van der Waals surface area contributed by atoms with E-state index in [1.54, 1.807) is 36.4 Å². The van der Waals surface area contributed by atoms with Crippen molar-refractivity contribution >= 4 is 17.4 Å². The molecule has 9 nitrogen and oxygen atoms in total. The average Bonchev–Trinajstić information content (AvgIpc) is 3.29. The van der Waals surface area contributed by atoms with Gasteiger partial charge in [-0.05, 0) is 53.4 Å². The largest absolute Gasteiger partial charge is 0.872 e. The van der Waals surface area contributed by atoms with Crippen LogP contribution in [0.5, 0.6) is 17.2 Å². The molecule has 2 aliphatic rings. The van der Waals surface area contributed by atoms with Gasteiger partial charge in [0.1, 0.15) is 25.4 Å². The monoisotopic (exact) mass is 586 g/mol. The number of carbonyl (C=O) groups is 2. The van der Waals surface area contributed by atoms with E-state index in [1.165, 1.54) is 24.0 Å². The summed E-state index contributed by atoms with van der Waals surface area (Å²) >= 11 is 0. The lowest BCUT2D eigenvalue weighted by molar-refractivity contribution is -0.908. The smallest absolute Gasteiger partial charge is 0.295 e. The van der Waals surface area contributed by atoms with Crippen LogP contribution in [0.3, 0.4) is 0 Å². The highest BCUT2D eigenvalue weighted by Gasteiger charge is 2.44. The standard InChI is InChI=1S/C34H38N2O7/c1-23-20-26(11-12-27(23)43-22-24-8-5-4-6-9-24)32(37)30-31(25-10-13-28(40-2)29(21-25)41-3)36(34(39)33(30)38)15-7-14-35-16-18-42-19-17-35/h4-6,8-13,20-21,31,37H,7,14-19,22H2,1-3H3. The topological polar surface area (TPSA) is 102 Å². The molecule has 1 amide bonds. The molecule has 2 heterocycles. The number of hydrogen-bond acceptors (Lipinski definition) is 7. The average molecular weight is 587 g/mol. The molecular formula is C34H38N2O7. The van der Waals surface area contributed by atoms with E-state index >= 15 is 0 Å². The first-order valence-corrected chi connectivity index (χ1v) is 14.6. The Kier molecular flexibility index (Phi) is 9.64. The quantitative estimate of drug-likeness (QED) is 0.209. The van der Waals surface area contributed by atoms with Gasteiger partial charge in [-0.2, -0.15) is 0 Å². The van der Waals surface area contributed by atoms with Gasteiger partial charge in [0.25, 0.3) is 5.91 Å². The second-order valence-electron chi connectivity index (χ2n) is 10.8. The van der Waals surface area contributed by atoms with E-state index < -0.39 is 23.5 Å². The van der Waals surface area contributed by atoms with E-state index in [9.17, 15) is 14.7 Å². The molecular weight excluding hydrogens is 548 g/mol. The number of likely N-dealkylation sites (tertiary alicyclic amines) is 1. The molecule has 2 saturated heterocycles. The number of Topliss-reactive ketones (excluding diaryl/α,β-unsaturated/α-hetero) is 1. The second kappa shape index (κ2) is 13.8. The molecule has 0 radical (unpaired) electrons. The number of nitrogens with zero attached hydrogens (tertiary/aromatic N) is 1. The van der Waals surface area contributed by atoms with Crippen LogP contribution in [0.15, 0.2) is 72.3 Å². The van der Waals surface area contributed by atoms with Crippen LogP contribution < -0.4 is 24.2 Å². The van der Waals surface area contributed by atoms with Gasteiger partial charge in [0.15, 0.2) is 11.5 Å². The Morgan fingerprint density at radius 3 is 2.37 bits per heavy atom. The van der Waals surface area contributed by atoms with E-state index in [2.05, 4.69) is 0 Å². The third kappa shape index (κ3) is 6.68. The van der Waals surface area contributed by atoms with Crippen molar-refractivity contribution in [3.63, 3.8) is 0 Å². The number of ether oxygens (including phenoxy) is 4. The Morgan fingerprint density at radius 2 is 1.67 bits per heavy atom. The molecule has 3 aromatic rings. The molecule has 2 aliphatic heterocycles. The third-order valence-corrected chi connectivity index (χ3v) is 8.06. The zero-order chi connectivity index (χ0) is 30.3. The molecule has 2 fully saturated rings. The fraction of sp³-hybridized carbons (Fsp3) is 0.353. The predicted octanol–water partition coefficient (Wildman–Crippen LogP) is 2.12. The lowest BCUT2D eigenvalue weighted by Crippen LogP contribution is -3.14. The van der Waals surface area contributed by atoms with Gasteiger partial charge in [-0.3, -0.25) is 9.59 Å². The summed E-state index contributed by atoms with van der Waals surface area (Å²) in [5.41, 5.74) is 2.66. The number of morpholine rings is 1. The van der Waals surface area contributed by atoms with Crippen molar-refractivity contribution in [3.8, 4) is 17.2 Å². The van der Waals surface area contributed by atoms with Gasteiger partial charge in [-0.1, -0.05) is 48.2 Å². The van der Waals surface area contributed by atoms with Crippen LogP contribution in [0.2, 0.25) is 0 Å². The fourth-order valence-electron chi connectivity index (χ4n) is 5.72. The zero-order valence-corrected chi connectivity index (χ0v) is 24.9. The van der Waals surface area contributed by atoms with Crippen LogP contribution in [-0.4, -0.2) is 70.2 Å². The van der Waals surface area contributed by atoms with E-state index in [-0.39, 0.29) is 5.57 Å². The number of hydrogen-bond donors (Lipinski definition) is 1. The van der Waals surface area contributed by atoms with Gasteiger partial charge in [0.05, 0.1) is 40.0 Å². The molecule has 1 N–H and O–H groups in total. The second-order valence-corrected chi connectivity index (χ2v) is 10.8. The summed E-state index contributed by atoms with van der Waals surface area (Å²) in [7, 11) is 3.06. The number of amides is 1. The Bertz CT molecular complexity index is 1480. The van der Waals surface area contributed by atoms with Gasteiger partial charge in [-0.25, -0.2) is 0 Å². The number of quaternary nitrogens is 1. The van der Waals surface area contributed by atoms with Gasteiger partial charge in [0.2, 0.25) is 5.78 Å². The minimum atomic E-state index is -0.846. The zero-order valence-electron chi connectivity index (χ0n) is 24.9. The summed E-state index contributed by atoms with van der Waals surface area (Å²) in [6, 6.07) is 19.3. The summed E-state index contributed by atoms with van der Waals surface area (Å²) in [5.74, 6) is -0.309. The molecule has 0 aliphatic carbocycles. The lowest BCUT2D eigenvalue weighted by Gasteiger charge is -2.29. The molecule has 9 heteroatoms. The van der Waals surface area contributed by atoms with Gasteiger partial charge < -0.3 is 33.9 Å². The van der Waals surface area contributed by atoms with E-state index in [0.29, 0.717) is 61.2 Å². The van der Waals surface area contributed by atoms with Crippen molar-refractivity contribution in [3.05, 3.63) is 94.6 Å². The Hall–Kier alpha value is -4.34. The number of carbonyl (C=O) groups excluding carboxylic acids is 2. The molecule has 0 bridgehead atoms. The SMILES string of the molecule is COc1ccc(C2C(=C([O-])c3ccc(OCc4ccccc4)c(C)c3)C(=O)C(=O)N2CCC[NH+]2CCOCC2)cc1OC. The lowest BCUT2D eigenvalue weighted by atomic mass is 9.94. The van der Waals surface area contributed by atoms with Gasteiger partial charge in [-0.15, -0.1) is 0 Å². The van der Waals surface area contributed by atoms with Crippen molar-refractivity contribution in [2.24, 2.45) is 0 Å². The highest BCUT2D eigenvalue weighted by molar-refractivity contribution is 6.46. The van der Waals surface area contributed by atoms with Crippen molar-refractivity contribution < 1.29 is 38.5 Å². The number of nitrogens with one attached hydrogen (secondary N) is 1. The van der Waals surface area contributed by atoms with Gasteiger partial charge >= 0.3 is 0 Å². The highest BCUT2D eigenvalue weighted by atomic mass is 16.5. The van der Waals surface area contributed by atoms with E-state index in [0.717, 1.165) is 30.8 Å². The predicted molar refractivity (Wildman–Crippen MR) is 159 cm³/mol. The van der Waals surface area contributed by atoms with E-state index in [1.807, 2.05) is 37.3 Å². The summed E-state index contributed by atoms with van der Waals surface area (Å²) in [4.78, 5) is 29.9. The molecule has 0 aromatic heterocycles. The Balaban J connectivity index is 1.46. The van der Waals surface area contributed by atoms with Crippen molar-refractivity contribution in [2.45, 2.75) is 26.0 Å². The maximum atomic E-state index is 14.0. The third-order valence-electron chi connectivity index (χ3n) is 8.06. The number of aryl methyl sites for hydroxylation is 1. The van der Waals surface area contributed by atoms with Crippen LogP contribution in [0, 0.1) is 6.92 Å². The number of rotatable bonds is 11. The van der Waals surface area contributed by atoms with Crippen LogP contribution >= 0.6 is 0 Å². The molecule has 0 spiro atoms. The Labute approximate surface area is 252 Å². The maximum Gasteiger partial charge on any atom is 0.295 e. The molecule has 3 aromatic carbocycles. The number of benzene rings is 3. The molecule has 226 valence electrons. The summed E-state index contributed by atoms with van der Waals surface area (Å²) in [5, 5.41) is 14.0. The first kappa shape index (κ1) is 30.1. The maximum absolute atomic E-state index is 14.0. The first-order chi connectivity index (χ1) is 20.9. The first-order valence-electron chi connectivity index (χ1n) is 14.6. The highest BCUT2D eigenvalue weighted by Crippen LogP contribution is 2.41. The number of methoxy groups -OCH3 is 2. The van der Waals surface area contributed by atoms with Crippen molar-refractivity contribution in [1.29, 1.82) is 0 Å². The molecule has 1 atom stereocenters. The number of ketones is 1. The van der Waals surface area contributed by atoms with Crippen LogP contribution in [-0.2, 0) is 20.9 Å². The molecule has 5 rings (SSSR count). The van der Waals surface area contributed by atoms with Crippen LogP contribution in [0.25, 0.3) is 5.76 Å². The molecule has 1 unspecified atom stereocenters. The van der Waals surface area contributed by atoms with Crippen molar-refractivity contribution in [1.82, 2.24) is 4.90 Å².